The van der Waals surface area contributed by atoms with Gasteiger partial charge in [-0.3, -0.25) is 24.2 Å². The number of amides is 3. The van der Waals surface area contributed by atoms with E-state index in [2.05, 4.69) is 10.2 Å². The molecular weight excluding hydrogens is 308 g/mol. The molecule has 0 spiro atoms. The van der Waals surface area contributed by atoms with E-state index in [1.807, 2.05) is 25.1 Å². The van der Waals surface area contributed by atoms with Crippen molar-refractivity contribution < 1.29 is 14.4 Å². The van der Waals surface area contributed by atoms with Crippen LogP contribution in [0.15, 0.2) is 24.3 Å². The summed E-state index contributed by atoms with van der Waals surface area (Å²) < 4.78 is 0. The van der Waals surface area contributed by atoms with E-state index in [-0.39, 0.29) is 30.3 Å². The van der Waals surface area contributed by atoms with Crippen LogP contribution in [0.3, 0.4) is 0 Å². The maximum Gasteiger partial charge on any atom is 0.244 e. The van der Waals surface area contributed by atoms with Gasteiger partial charge in [-0.1, -0.05) is 12.1 Å². The maximum atomic E-state index is 12.9. The van der Waals surface area contributed by atoms with Crippen LogP contribution in [-0.4, -0.2) is 66.3 Å². The van der Waals surface area contributed by atoms with Crippen molar-refractivity contribution in [2.45, 2.75) is 19.9 Å². The largest absolute Gasteiger partial charge is 0.340 e. The molecule has 2 aliphatic heterocycles. The first kappa shape index (κ1) is 16.4. The van der Waals surface area contributed by atoms with Crippen molar-refractivity contribution in [2.24, 2.45) is 0 Å². The molecular formula is C17H22N4O3. The minimum atomic E-state index is -0.335. The Kier molecular flexibility index (Phi) is 4.53. The fourth-order valence-corrected chi connectivity index (χ4v) is 3.24. The maximum absolute atomic E-state index is 12.9. The molecule has 1 atom stereocenters. The van der Waals surface area contributed by atoms with Gasteiger partial charge in [0.05, 0.1) is 17.4 Å². The highest BCUT2D eigenvalue weighted by Gasteiger charge is 2.33. The van der Waals surface area contributed by atoms with Gasteiger partial charge in [-0.15, -0.1) is 0 Å². The summed E-state index contributed by atoms with van der Waals surface area (Å²) in [5.74, 6) is -0.209. The number of benzene rings is 1. The molecule has 1 fully saturated rings. The predicted octanol–water partition coefficient (Wildman–Crippen LogP) is 0.524. The van der Waals surface area contributed by atoms with Crippen LogP contribution in [0, 0.1) is 0 Å². The lowest BCUT2D eigenvalue weighted by Crippen LogP contribution is -2.56. The molecule has 1 N–H and O–H groups in total. The van der Waals surface area contributed by atoms with Crippen LogP contribution in [-0.2, 0) is 14.4 Å². The molecule has 7 heteroatoms. The monoisotopic (exact) mass is 330 g/mol. The minimum absolute atomic E-state index is 0.0353. The molecule has 3 rings (SSSR count). The fourth-order valence-electron chi connectivity index (χ4n) is 3.24. The Balaban J connectivity index is 1.73. The smallest absolute Gasteiger partial charge is 0.244 e. The van der Waals surface area contributed by atoms with Crippen LogP contribution in [0.5, 0.6) is 0 Å². The van der Waals surface area contributed by atoms with Gasteiger partial charge in [0.15, 0.2) is 0 Å². The lowest BCUT2D eigenvalue weighted by molar-refractivity contribution is -0.132. The van der Waals surface area contributed by atoms with Gasteiger partial charge < -0.3 is 10.2 Å². The van der Waals surface area contributed by atoms with E-state index in [1.54, 1.807) is 22.8 Å². The van der Waals surface area contributed by atoms with Gasteiger partial charge in [-0.25, -0.2) is 0 Å². The minimum Gasteiger partial charge on any atom is -0.340 e. The first-order valence-electron chi connectivity index (χ1n) is 8.17. The highest BCUT2D eigenvalue weighted by atomic mass is 16.2. The standard InChI is InChI=1S/C17H22N4O3/c1-12(19-7-9-20(10-8-19)13(2)22)17(24)21-11-16(23)18-14-5-3-4-6-15(14)21/h3-6,12H,7-11H2,1-2H3,(H,18,23)/t12-/m0/s1. The molecule has 1 aromatic carbocycles. The van der Waals surface area contributed by atoms with Crippen molar-refractivity contribution in [3.63, 3.8) is 0 Å². The first-order valence-corrected chi connectivity index (χ1v) is 8.17. The molecule has 0 saturated carbocycles. The topological polar surface area (TPSA) is 73.0 Å². The van der Waals surface area contributed by atoms with E-state index < -0.39 is 0 Å². The van der Waals surface area contributed by atoms with Crippen LogP contribution in [0.2, 0.25) is 0 Å². The number of piperazine rings is 1. The molecule has 24 heavy (non-hydrogen) atoms. The molecule has 3 amide bonds. The van der Waals surface area contributed by atoms with Crippen molar-refractivity contribution in [1.82, 2.24) is 9.80 Å². The summed E-state index contributed by atoms with van der Waals surface area (Å²) in [6, 6.07) is 6.98. The molecule has 128 valence electrons. The normalized spacial score (nSPS) is 19.5. The highest BCUT2D eigenvalue weighted by molar-refractivity contribution is 6.11. The van der Waals surface area contributed by atoms with Gasteiger partial charge >= 0.3 is 0 Å². The molecule has 2 heterocycles. The second-order valence-electron chi connectivity index (χ2n) is 6.21. The highest BCUT2D eigenvalue weighted by Crippen LogP contribution is 2.29. The van der Waals surface area contributed by atoms with Crippen LogP contribution in [0.25, 0.3) is 0 Å². The number of rotatable bonds is 2. The molecule has 0 aliphatic carbocycles. The van der Waals surface area contributed by atoms with Crippen LogP contribution < -0.4 is 10.2 Å². The van der Waals surface area contributed by atoms with Gasteiger partial charge in [0.2, 0.25) is 17.7 Å². The number of carbonyl (C=O) groups excluding carboxylic acids is 3. The molecule has 0 bridgehead atoms. The number of hydrogen-bond donors (Lipinski definition) is 1. The Labute approximate surface area is 141 Å². The zero-order valence-electron chi connectivity index (χ0n) is 14.0. The Morgan fingerprint density at radius 2 is 1.79 bits per heavy atom. The molecule has 7 nitrogen and oxygen atoms in total. The van der Waals surface area contributed by atoms with Gasteiger partial charge in [0, 0.05) is 33.1 Å². The average Bonchev–Trinajstić information content (AvgIpc) is 2.59. The van der Waals surface area contributed by atoms with E-state index >= 15 is 0 Å². The summed E-state index contributed by atoms with van der Waals surface area (Å²) in [6.07, 6.45) is 0. The van der Waals surface area contributed by atoms with E-state index in [0.29, 0.717) is 31.9 Å². The van der Waals surface area contributed by atoms with Crippen molar-refractivity contribution in [3.05, 3.63) is 24.3 Å². The summed E-state index contributed by atoms with van der Waals surface area (Å²) in [6.45, 7) is 6.04. The Morgan fingerprint density at radius 3 is 2.46 bits per heavy atom. The average molecular weight is 330 g/mol. The van der Waals surface area contributed by atoms with Gasteiger partial charge in [-0.2, -0.15) is 0 Å². The Morgan fingerprint density at radius 1 is 1.12 bits per heavy atom. The van der Waals surface area contributed by atoms with Crippen LogP contribution in [0.4, 0.5) is 11.4 Å². The number of fused-ring (bicyclic) bond motifs is 1. The number of nitrogens with one attached hydrogen (secondary N) is 1. The van der Waals surface area contributed by atoms with Crippen molar-refractivity contribution >= 4 is 29.1 Å². The second-order valence-corrected chi connectivity index (χ2v) is 6.21. The van der Waals surface area contributed by atoms with E-state index in [9.17, 15) is 14.4 Å². The second kappa shape index (κ2) is 6.60. The van der Waals surface area contributed by atoms with Gasteiger partial charge in [0.25, 0.3) is 0 Å². The Hall–Kier alpha value is -2.41. The van der Waals surface area contributed by atoms with E-state index in [0.717, 1.165) is 5.69 Å². The lowest BCUT2D eigenvalue weighted by atomic mass is 10.1. The summed E-state index contributed by atoms with van der Waals surface area (Å²) in [7, 11) is 0. The molecule has 0 radical (unpaired) electrons. The molecule has 0 unspecified atom stereocenters. The van der Waals surface area contributed by atoms with Crippen molar-refractivity contribution in [1.29, 1.82) is 0 Å². The molecule has 1 aromatic rings. The van der Waals surface area contributed by atoms with E-state index in [1.165, 1.54) is 0 Å². The summed E-state index contributed by atoms with van der Waals surface area (Å²) in [4.78, 5) is 41.7. The predicted molar refractivity (Wildman–Crippen MR) is 90.7 cm³/mol. The van der Waals surface area contributed by atoms with Crippen LogP contribution in [0.1, 0.15) is 13.8 Å². The first-order chi connectivity index (χ1) is 11.5. The molecule has 2 aliphatic rings. The molecule has 0 aromatic heterocycles. The third-order valence-corrected chi connectivity index (χ3v) is 4.70. The third kappa shape index (κ3) is 3.12. The van der Waals surface area contributed by atoms with Gasteiger partial charge in [-0.05, 0) is 19.1 Å². The van der Waals surface area contributed by atoms with Crippen molar-refractivity contribution in [2.75, 3.05) is 42.9 Å². The number of hydrogen-bond acceptors (Lipinski definition) is 4. The molecule has 1 saturated heterocycles. The number of nitrogens with zero attached hydrogens (tertiary/aromatic N) is 3. The van der Waals surface area contributed by atoms with E-state index in [4.69, 9.17) is 0 Å². The number of anilines is 2. The zero-order chi connectivity index (χ0) is 17.3. The fraction of sp³-hybridized carbons (Fsp3) is 0.471. The van der Waals surface area contributed by atoms with Gasteiger partial charge in [0.1, 0.15) is 6.54 Å². The lowest BCUT2D eigenvalue weighted by Gasteiger charge is -2.39. The Bertz CT molecular complexity index is 668. The summed E-state index contributed by atoms with van der Waals surface area (Å²) in [5, 5.41) is 2.79. The number of carbonyl (C=O) groups is 3. The summed E-state index contributed by atoms with van der Waals surface area (Å²) in [5.41, 5.74) is 1.40. The van der Waals surface area contributed by atoms with Crippen molar-refractivity contribution in [3.8, 4) is 0 Å². The third-order valence-electron chi connectivity index (χ3n) is 4.70. The zero-order valence-corrected chi connectivity index (χ0v) is 14.0. The SMILES string of the molecule is CC(=O)N1CCN([C@@H](C)C(=O)N2CC(=O)Nc3ccccc32)CC1. The van der Waals surface area contributed by atoms with Crippen LogP contribution >= 0.6 is 0 Å². The quantitative estimate of drug-likeness (QED) is 0.858. The summed E-state index contributed by atoms with van der Waals surface area (Å²) >= 11 is 0. The number of para-hydroxylation sites is 2.